The highest BCUT2D eigenvalue weighted by molar-refractivity contribution is 7.16. The number of para-hydroxylation sites is 1. The second-order valence-corrected chi connectivity index (χ2v) is 6.43. The fourth-order valence-corrected chi connectivity index (χ4v) is 3.40. The van der Waals surface area contributed by atoms with E-state index in [1.54, 1.807) is 24.3 Å². The third-order valence-electron chi connectivity index (χ3n) is 3.66. The van der Waals surface area contributed by atoms with Crippen LogP contribution in [0.5, 0.6) is 0 Å². The number of amides is 1. The van der Waals surface area contributed by atoms with Crippen LogP contribution in [0.1, 0.15) is 15.9 Å². The number of fused-ring (bicyclic) bond motifs is 1. The van der Waals surface area contributed by atoms with E-state index in [0.717, 1.165) is 16.9 Å². The highest BCUT2D eigenvalue weighted by Crippen LogP contribution is 2.20. The summed E-state index contributed by atoms with van der Waals surface area (Å²) in [6.07, 6.45) is 0. The summed E-state index contributed by atoms with van der Waals surface area (Å²) >= 11 is 1.14. The van der Waals surface area contributed by atoms with Crippen molar-refractivity contribution in [1.29, 1.82) is 0 Å². The zero-order valence-corrected chi connectivity index (χ0v) is 14.5. The summed E-state index contributed by atoms with van der Waals surface area (Å²) in [4.78, 5) is 28.4. The van der Waals surface area contributed by atoms with Crippen LogP contribution in [0.2, 0.25) is 0 Å². The minimum absolute atomic E-state index is 0.225. The first-order valence-corrected chi connectivity index (χ1v) is 8.31. The summed E-state index contributed by atoms with van der Waals surface area (Å²) in [5, 5.41) is 0. The van der Waals surface area contributed by atoms with Gasteiger partial charge in [-0.2, -0.15) is 4.99 Å². The molecular formula is C18H15FN2O3S. The van der Waals surface area contributed by atoms with Crippen LogP contribution in [0.3, 0.4) is 0 Å². The van der Waals surface area contributed by atoms with E-state index in [1.165, 1.54) is 17.7 Å². The predicted molar refractivity (Wildman–Crippen MR) is 92.9 cm³/mol. The number of hydrogen-bond acceptors (Lipinski definition) is 4. The number of hydrogen-bond donors (Lipinski definition) is 0. The molecule has 0 spiro atoms. The van der Waals surface area contributed by atoms with Crippen molar-refractivity contribution in [3.8, 4) is 0 Å². The molecule has 0 radical (unpaired) electrons. The first-order chi connectivity index (χ1) is 12.0. The Kier molecular flexibility index (Phi) is 4.76. The molecule has 0 atom stereocenters. The standard InChI is InChI=1S/C18H15FN2O3S/c1-11-6-8-12(9-7-11)17(23)20-18-21(10-15(22)24-2)16-13(19)4-3-5-14(16)25-18/h3-9H,10H2,1-2H3. The van der Waals surface area contributed by atoms with Crippen molar-refractivity contribution < 1.29 is 18.7 Å². The maximum Gasteiger partial charge on any atom is 0.325 e. The van der Waals surface area contributed by atoms with Gasteiger partial charge >= 0.3 is 5.97 Å². The topological polar surface area (TPSA) is 60.7 Å². The van der Waals surface area contributed by atoms with Gasteiger partial charge in [0.15, 0.2) is 4.80 Å². The number of halogens is 1. The molecule has 0 aliphatic rings. The molecule has 1 aromatic heterocycles. The van der Waals surface area contributed by atoms with Gasteiger partial charge in [0.2, 0.25) is 0 Å². The van der Waals surface area contributed by atoms with Crippen molar-refractivity contribution in [2.75, 3.05) is 7.11 Å². The van der Waals surface area contributed by atoms with Gasteiger partial charge in [-0.1, -0.05) is 35.1 Å². The molecule has 25 heavy (non-hydrogen) atoms. The average Bonchev–Trinajstić information content (AvgIpc) is 2.93. The number of methoxy groups -OCH3 is 1. The highest BCUT2D eigenvalue weighted by Gasteiger charge is 2.15. The minimum Gasteiger partial charge on any atom is -0.468 e. The first-order valence-electron chi connectivity index (χ1n) is 7.50. The van der Waals surface area contributed by atoms with Crippen molar-refractivity contribution in [3.05, 3.63) is 64.2 Å². The quantitative estimate of drug-likeness (QED) is 0.676. The number of aryl methyl sites for hydroxylation is 1. The number of rotatable bonds is 3. The van der Waals surface area contributed by atoms with E-state index in [0.29, 0.717) is 10.3 Å². The fraction of sp³-hybridized carbons (Fsp3) is 0.167. The summed E-state index contributed by atoms with van der Waals surface area (Å²) < 4.78 is 20.9. The first kappa shape index (κ1) is 17.0. The average molecular weight is 358 g/mol. The molecule has 7 heteroatoms. The Morgan fingerprint density at radius 1 is 1.20 bits per heavy atom. The third-order valence-corrected chi connectivity index (χ3v) is 4.71. The molecule has 2 aromatic carbocycles. The number of carbonyl (C=O) groups is 2. The fourth-order valence-electron chi connectivity index (χ4n) is 2.36. The normalized spacial score (nSPS) is 11.7. The van der Waals surface area contributed by atoms with E-state index in [2.05, 4.69) is 9.73 Å². The summed E-state index contributed by atoms with van der Waals surface area (Å²) in [6.45, 7) is 1.70. The van der Waals surface area contributed by atoms with E-state index in [1.807, 2.05) is 19.1 Å². The lowest BCUT2D eigenvalue weighted by Crippen LogP contribution is -2.22. The second-order valence-electron chi connectivity index (χ2n) is 5.42. The number of thiazole rings is 1. The molecule has 0 bridgehead atoms. The molecule has 128 valence electrons. The number of carbonyl (C=O) groups excluding carboxylic acids is 2. The molecule has 1 heterocycles. The molecular weight excluding hydrogens is 343 g/mol. The molecule has 0 fully saturated rings. The van der Waals surface area contributed by atoms with Gasteiger partial charge in [0.25, 0.3) is 5.91 Å². The largest absolute Gasteiger partial charge is 0.468 e. The molecule has 1 amide bonds. The lowest BCUT2D eigenvalue weighted by molar-refractivity contribution is -0.141. The maximum absolute atomic E-state index is 14.2. The van der Waals surface area contributed by atoms with Crippen LogP contribution in [-0.4, -0.2) is 23.6 Å². The molecule has 0 aliphatic heterocycles. The number of benzene rings is 2. The van der Waals surface area contributed by atoms with Crippen molar-refractivity contribution in [2.24, 2.45) is 4.99 Å². The molecule has 0 saturated heterocycles. The zero-order valence-electron chi connectivity index (χ0n) is 13.7. The van der Waals surface area contributed by atoms with Gasteiger partial charge < -0.3 is 9.30 Å². The summed E-state index contributed by atoms with van der Waals surface area (Å²) in [5.41, 5.74) is 1.68. The van der Waals surface area contributed by atoms with Crippen LogP contribution >= 0.6 is 11.3 Å². The Labute approximate surface area is 147 Å². The Morgan fingerprint density at radius 3 is 2.60 bits per heavy atom. The van der Waals surface area contributed by atoms with Crippen molar-refractivity contribution in [3.63, 3.8) is 0 Å². The maximum atomic E-state index is 14.2. The summed E-state index contributed by atoms with van der Waals surface area (Å²) in [6, 6.07) is 11.6. The highest BCUT2D eigenvalue weighted by atomic mass is 32.1. The van der Waals surface area contributed by atoms with Gasteiger partial charge in [-0.05, 0) is 31.2 Å². The van der Waals surface area contributed by atoms with Gasteiger partial charge in [-0.25, -0.2) is 4.39 Å². The Morgan fingerprint density at radius 2 is 1.92 bits per heavy atom. The Hall–Kier alpha value is -2.80. The second kappa shape index (κ2) is 6.98. The molecule has 0 aliphatic carbocycles. The number of ether oxygens (including phenoxy) is 1. The lowest BCUT2D eigenvalue weighted by atomic mass is 10.1. The lowest BCUT2D eigenvalue weighted by Gasteiger charge is -2.04. The van der Waals surface area contributed by atoms with Crippen LogP contribution < -0.4 is 4.80 Å². The molecule has 3 aromatic rings. The van der Waals surface area contributed by atoms with Gasteiger partial charge in [0, 0.05) is 5.56 Å². The van der Waals surface area contributed by atoms with Crippen LogP contribution in [0, 0.1) is 12.7 Å². The summed E-state index contributed by atoms with van der Waals surface area (Å²) in [7, 11) is 1.25. The summed E-state index contributed by atoms with van der Waals surface area (Å²) in [5.74, 6) is -1.49. The van der Waals surface area contributed by atoms with E-state index >= 15 is 0 Å². The van der Waals surface area contributed by atoms with Crippen LogP contribution in [-0.2, 0) is 16.1 Å². The van der Waals surface area contributed by atoms with E-state index < -0.39 is 17.7 Å². The van der Waals surface area contributed by atoms with E-state index in [4.69, 9.17) is 0 Å². The van der Waals surface area contributed by atoms with Gasteiger partial charge in [-0.3, -0.25) is 9.59 Å². The SMILES string of the molecule is COC(=O)Cn1c(=NC(=O)c2ccc(C)cc2)sc2cccc(F)c21. The molecule has 5 nitrogen and oxygen atoms in total. The zero-order chi connectivity index (χ0) is 18.0. The molecule has 0 saturated carbocycles. The van der Waals surface area contributed by atoms with Gasteiger partial charge in [0.05, 0.1) is 17.3 Å². The predicted octanol–water partition coefficient (Wildman–Crippen LogP) is 3.06. The number of esters is 1. The van der Waals surface area contributed by atoms with Crippen molar-refractivity contribution in [2.45, 2.75) is 13.5 Å². The van der Waals surface area contributed by atoms with E-state index in [9.17, 15) is 14.0 Å². The van der Waals surface area contributed by atoms with Gasteiger partial charge in [0.1, 0.15) is 12.4 Å². The van der Waals surface area contributed by atoms with Crippen LogP contribution in [0.25, 0.3) is 10.2 Å². The molecule has 3 rings (SSSR count). The van der Waals surface area contributed by atoms with Gasteiger partial charge in [-0.15, -0.1) is 0 Å². The smallest absolute Gasteiger partial charge is 0.325 e. The monoisotopic (exact) mass is 358 g/mol. The molecule has 0 N–H and O–H groups in total. The van der Waals surface area contributed by atoms with E-state index in [-0.39, 0.29) is 16.9 Å². The minimum atomic E-state index is -0.549. The Balaban J connectivity index is 2.15. The number of nitrogens with zero attached hydrogens (tertiary/aromatic N) is 2. The van der Waals surface area contributed by atoms with Crippen molar-refractivity contribution in [1.82, 2.24) is 4.57 Å². The van der Waals surface area contributed by atoms with Crippen LogP contribution in [0.15, 0.2) is 47.5 Å². The molecule has 0 unspecified atom stereocenters. The van der Waals surface area contributed by atoms with Crippen molar-refractivity contribution >= 4 is 33.4 Å². The Bertz CT molecular complexity index is 1020. The number of aromatic nitrogens is 1. The third kappa shape index (κ3) is 3.51. The van der Waals surface area contributed by atoms with Crippen LogP contribution in [0.4, 0.5) is 4.39 Å².